The molecule has 0 aliphatic carbocycles. The Kier molecular flexibility index (Phi) is 4.52. The van der Waals surface area contributed by atoms with Crippen LogP contribution < -0.4 is 4.74 Å². The molecule has 1 saturated heterocycles. The lowest BCUT2D eigenvalue weighted by Crippen LogP contribution is -2.73. The summed E-state index contributed by atoms with van der Waals surface area (Å²) in [6.45, 7) is -0.569. The lowest BCUT2D eigenvalue weighted by molar-refractivity contribution is 0.417. The molecule has 0 radical (unpaired) electrons. The van der Waals surface area contributed by atoms with Crippen molar-refractivity contribution in [2.24, 2.45) is 0 Å². The summed E-state index contributed by atoms with van der Waals surface area (Å²) in [6.07, 6.45) is 23.4. The number of fused-ring (bicyclic) bond motifs is 10. The van der Waals surface area contributed by atoms with E-state index in [9.17, 15) is 0 Å². The van der Waals surface area contributed by atoms with Gasteiger partial charge in [0.15, 0.2) is 0 Å². The van der Waals surface area contributed by atoms with Crippen LogP contribution in [0.1, 0.15) is 34.6 Å². The van der Waals surface area contributed by atoms with Crippen LogP contribution in [0.3, 0.4) is 0 Å². The third-order valence-corrected chi connectivity index (χ3v) is 8.66. The largest absolute Gasteiger partial charge is 0.456 e. The molecule has 0 spiro atoms. The van der Waals surface area contributed by atoms with E-state index in [1.165, 1.54) is 0 Å². The summed E-state index contributed by atoms with van der Waals surface area (Å²) >= 11 is 0. The lowest BCUT2D eigenvalue weighted by atomic mass is 9.41. The lowest BCUT2D eigenvalue weighted by Gasteiger charge is -2.53. The number of ether oxygens (including phenoxy) is 1. The van der Waals surface area contributed by atoms with Gasteiger partial charge in [-0.05, 0) is 60.7 Å². The van der Waals surface area contributed by atoms with E-state index in [2.05, 4.69) is 110 Å². The van der Waals surface area contributed by atoms with Gasteiger partial charge in [0.05, 0.1) is 0 Å². The maximum absolute atomic E-state index is 8.62. The van der Waals surface area contributed by atoms with E-state index in [-0.39, 0.29) is 27.9 Å². The molecule has 6 aliphatic rings. The summed E-state index contributed by atoms with van der Waals surface area (Å²) in [6, 6.07) is 13.4. The van der Waals surface area contributed by atoms with Gasteiger partial charge >= 0.3 is 27.9 Å². The highest BCUT2D eigenvalue weighted by Crippen LogP contribution is 2.50. The Morgan fingerprint density at radius 1 is 0.675 bits per heavy atom. The SMILES string of the molecule is [2H]C([2H])([2H])C1(C)c2ccccc2Oc2c(C3=CB4N5C=CC=CB5N5C=CC=CB5N5C=CC=CB5N4C=C3)cccc21. The first-order chi connectivity index (χ1) is 20.9. The fourth-order valence-corrected chi connectivity index (χ4v) is 6.71. The third kappa shape index (κ3) is 3.40. The quantitative estimate of drug-likeness (QED) is 0.456. The highest BCUT2D eigenvalue weighted by Gasteiger charge is 2.50. The molecule has 6 aliphatic heterocycles. The van der Waals surface area contributed by atoms with Gasteiger partial charge in [-0.3, -0.25) is 0 Å². The summed E-state index contributed by atoms with van der Waals surface area (Å²) in [5.41, 5.74) is 2.01. The van der Waals surface area contributed by atoms with Crippen LogP contribution in [0.4, 0.5) is 0 Å². The Balaban J connectivity index is 1.27. The van der Waals surface area contributed by atoms with E-state index in [0.717, 1.165) is 11.1 Å². The zero-order chi connectivity index (χ0) is 29.3. The van der Waals surface area contributed by atoms with Crippen LogP contribution in [0.2, 0.25) is 0 Å². The average Bonchev–Trinajstić information content (AvgIpc) is 3.03. The second kappa shape index (κ2) is 8.82. The average molecular weight is 519 g/mol. The van der Waals surface area contributed by atoms with Crippen molar-refractivity contribution in [1.29, 1.82) is 0 Å². The molecular formula is C31H28B4N4O. The van der Waals surface area contributed by atoms with Gasteiger partial charge in [0.1, 0.15) is 11.5 Å². The number of rotatable bonds is 1. The van der Waals surface area contributed by atoms with Gasteiger partial charge in [0.2, 0.25) is 0 Å². The second-order valence-corrected chi connectivity index (χ2v) is 11.0. The molecule has 1 fully saturated rings. The molecule has 2 aromatic carbocycles. The number of para-hydroxylation sites is 2. The van der Waals surface area contributed by atoms with Gasteiger partial charge in [0, 0.05) is 26.2 Å². The molecule has 0 aromatic heterocycles. The number of hydrogen-bond donors (Lipinski definition) is 0. The summed E-state index contributed by atoms with van der Waals surface area (Å²) in [4.78, 5) is 0. The number of allylic oxidation sites excluding steroid dienone is 8. The second-order valence-electron chi connectivity index (χ2n) is 11.0. The molecule has 1 unspecified atom stereocenters. The fourth-order valence-electron chi connectivity index (χ4n) is 6.71. The van der Waals surface area contributed by atoms with Crippen LogP contribution in [0, 0.1) is 0 Å². The maximum Gasteiger partial charge on any atom is 0.381 e. The molecule has 190 valence electrons. The smallest absolute Gasteiger partial charge is 0.381 e. The monoisotopic (exact) mass is 519 g/mol. The molecule has 6 heterocycles. The van der Waals surface area contributed by atoms with Crippen LogP contribution in [0.5, 0.6) is 11.5 Å². The minimum atomic E-state index is -2.28. The van der Waals surface area contributed by atoms with Crippen molar-refractivity contribution < 1.29 is 8.85 Å². The zero-order valence-corrected chi connectivity index (χ0v) is 22.2. The van der Waals surface area contributed by atoms with Crippen molar-refractivity contribution in [3.8, 4) is 11.5 Å². The van der Waals surface area contributed by atoms with E-state index < -0.39 is 12.3 Å². The van der Waals surface area contributed by atoms with E-state index in [4.69, 9.17) is 8.85 Å². The highest BCUT2D eigenvalue weighted by molar-refractivity contribution is 6.92. The Morgan fingerprint density at radius 3 is 1.95 bits per heavy atom. The molecular weight excluding hydrogens is 488 g/mol. The van der Waals surface area contributed by atoms with Gasteiger partial charge in [-0.1, -0.05) is 92.3 Å². The van der Waals surface area contributed by atoms with Crippen LogP contribution in [0.15, 0.2) is 134 Å². The van der Waals surface area contributed by atoms with Crippen molar-refractivity contribution in [3.05, 3.63) is 150 Å². The molecule has 2 aromatic rings. The van der Waals surface area contributed by atoms with Crippen molar-refractivity contribution in [2.45, 2.75) is 19.2 Å². The molecule has 0 saturated carbocycles. The van der Waals surface area contributed by atoms with E-state index >= 15 is 0 Å². The minimum absolute atomic E-state index is 0.0142. The van der Waals surface area contributed by atoms with Crippen molar-refractivity contribution in [2.75, 3.05) is 0 Å². The topological polar surface area (TPSA) is 22.2 Å². The van der Waals surface area contributed by atoms with E-state index in [1.807, 2.05) is 49.4 Å². The van der Waals surface area contributed by atoms with Gasteiger partial charge in [0.25, 0.3) is 0 Å². The Labute approximate surface area is 242 Å². The van der Waals surface area contributed by atoms with E-state index in [0.29, 0.717) is 22.6 Å². The molecule has 1 atom stereocenters. The van der Waals surface area contributed by atoms with Gasteiger partial charge in [-0.2, -0.15) is 0 Å². The van der Waals surface area contributed by atoms with Crippen molar-refractivity contribution >= 4 is 33.5 Å². The van der Waals surface area contributed by atoms with Crippen LogP contribution in [-0.4, -0.2) is 46.8 Å². The van der Waals surface area contributed by atoms with Gasteiger partial charge in [-0.15, -0.1) is 0 Å². The maximum atomic E-state index is 8.62. The molecule has 0 bridgehead atoms. The van der Waals surface area contributed by atoms with Crippen molar-refractivity contribution in [3.63, 3.8) is 0 Å². The molecule has 5 nitrogen and oxygen atoms in total. The minimum Gasteiger partial charge on any atom is -0.456 e. The predicted molar refractivity (Wildman–Crippen MR) is 167 cm³/mol. The highest BCUT2D eigenvalue weighted by atomic mass is 16.5. The van der Waals surface area contributed by atoms with Gasteiger partial charge in [-0.25, -0.2) is 0 Å². The van der Waals surface area contributed by atoms with Crippen LogP contribution >= 0.6 is 0 Å². The summed E-state index contributed by atoms with van der Waals surface area (Å²) in [7, 11) is 0. The molecule has 0 N–H and O–H groups in total. The van der Waals surface area contributed by atoms with Crippen LogP contribution in [0.25, 0.3) is 5.57 Å². The number of hydrogen-bond acceptors (Lipinski definition) is 5. The molecule has 40 heavy (non-hydrogen) atoms. The predicted octanol–water partition coefficient (Wildman–Crippen LogP) is 5.61. The molecule has 8 rings (SSSR count). The van der Waals surface area contributed by atoms with Crippen LogP contribution in [-0.2, 0) is 5.41 Å². The Bertz CT molecular complexity index is 1720. The van der Waals surface area contributed by atoms with E-state index in [1.54, 1.807) is 0 Å². The third-order valence-electron chi connectivity index (χ3n) is 8.66. The van der Waals surface area contributed by atoms with Crippen molar-refractivity contribution in [1.82, 2.24) is 18.9 Å². The Hall–Kier alpha value is -4.38. The molecule has 0 amide bonds. The first-order valence-electron chi connectivity index (χ1n) is 15.3. The first kappa shape index (κ1) is 20.5. The zero-order valence-electron chi connectivity index (χ0n) is 25.2. The summed E-state index contributed by atoms with van der Waals surface area (Å²) < 4.78 is 41.9. The first-order valence-corrected chi connectivity index (χ1v) is 13.8. The Morgan fingerprint density at radius 2 is 1.27 bits per heavy atom. The molecule has 9 heteroatoms. The number of benzene rings is 2. The summed E-state index contributed by atoms with van der Waals surface area (Å²) in [5.74, 6) is 10.2. The normalized spacial score (nSPS) is 24.5. The standard InChI is InChI=1S/C31H28B4N4O/c1-31(2)27-13-3-4-15-29(27)40-30-26(12-11-14-28(30)31)25-16-23-39-34-19-6-9-21-37(34)32-17-5-8-20-36(32)33-18-7-10-22-38(33)35(39)24-25/h3-24H,1-2H3/i1D3. The number of nitrogens with zero attached hydrogens (tertiary/aromatic N) is 4. The fraction of sp³-hybridized carbons (Fsp3) is 0.0968. The van der Waals surface area contributed by atoms with Gasteiger partial charge < -0.3 is 23.6 Å². The summed E-state index contributed by atoms with van der Waals surface area (Å²) in [5, 5.41) is 0.